The second-order valence-electron chi connectivity index (χ2n) is 5.34. The molecule has 0 aliphatic heterocycles. The van der Waals surface area contributed by atoms with Crippen LogP contribution in [0.2, 0.25) is 0 Å². The number of nitrogens with two attached hydrogens (primary N) is 1. The third-order valence-corrected chi connectivity index (χ3v) is 3.89. The molecule has 106 valence electrons. The SMILES string of the molecule is Cl.NC[C@H]1CCC[C@H]1C(=O)NCCOCC1CC1. The summed E-state index contributed by atoms with van der Waals surface area (Å²) in [6, 6.07) is 0. The average molecular weight is 277 g/mol. The molecule has 0 aromatic carbocycles. The van der Waals surface area contributed by atoms with Crippen molar-refractivity contribution in [3.05, 3.63) is 0 Å². The zero-order chi connectivity index (χ0) is 12.1. The van der Waals surface area contributed by atoms with Crippen LogP contribution in [0, 0.1) is 17.8 Å². The Morgan fingerprint density at radius 1 is 1.28 bits per heavy atom. The van der Waals surface area contributed by atoms with Crippen LogP contribution in [-0.4, -0.2) is 32.2 Å². The van der Waals surface area contributed by atoms with Gasteiger partial charge < -0.3 is 15.8 Å². The number of amides is 1. The van der Waals surface area contributed by atoms with Gasteiger partial charge in [-0.05, 0) is 44.1 Å². The number of carbonyl (C=O) groups excluding carboxylic acids is 1. The van der Waals surface area contributed by atoms with Gasteiger partial charge in [-0.25, -0.2) is 0 Å². The third kappa shape index (κ3) is 4.75. The van der Waals surface area contributed by atoms with Gasteiger partial charge in [-0.15, -0.1) is 12.4 Å². The minimum Gasteiger partial charge on any atom is -0.379 e. The maximum Gasteiger partial charge on any atom is 0.223 e. The van der Waals surface area contributed by atoms with E-state index in [1.54, 1.807) is 0 Å². The van der Waals surface area contributed by atoms with E-state index in [0.29, 0.717) is 25.6 Å². The van der Waals surface area contributed by atoms with E-state index in [-0.39, 0.29) is 24.2 Å². The predicted molar refractivity (Wildman–Crippen MR) is 73.7 cm³/mol. The molecule has 2 aliphatic rings. The largest absolute Gasteiger partial charge is 0.379 e. The van der Waals surface area contributed by atoms with Crippen LogP contribution in [0.5, 0.6) is 0 Å². The standard InChI is InChI=1S/C13H24N2O2.ClH/c14-8-11-2-1-3-12(11)13(16)15-6-7-17-9-10-4-5-10;/h10-12H,1-9,14H2,(H,15,16);1H/t11-,12-;/m1./s1. The lowest BCUT2D eigenvalue weighted by molar-refractivity contribution is -0.126. The van der Waals surface area contributed by atoms with Crippen molar-refractivity contribution in [1.29, 1.82) is 0 Å². The first-order valence-corrected chi connectivity index (χ1v) is 6.86. The van der Waals surface area contributed by atoms with E-state index in [2.05, 4.69) is 5.32 Å². The maximum atomic E-state index is 11.9. The molecule has 18 heavy (non-hydrogen) atoms. The Bertz CT molecular complexity index is 259. The summed E-state index contributed by atoms with van der Waals surface area (Å²) in [6.45, 7) is 2.78. The first-order valence-electron chi connectivity index (χ1n) is 6.86. The molecule has 0 heterocycles. The van der Waals surface area contributed by atoms with Crippen LogP contribution in [0.1, 0.15) is 32.1 Å². The summed E-state index contributed by atoms with van der Waals surface area (Å²) in [4.78, 5) is 11.9. The van der Waals surface area contributed by atoms with Crippen LogP contribution in [0.15, 0.2) is 0 Å². The van der Waals surface area contributed by atoms with Crippen LogP contribution >= 0.6 is 12.4 Å². The smallest absolute Gasteiger partial charge is 0.223 e. The fourth-order valence-electron chi connectivity index (χ4n) is 2.58. The fraction of sp³-hybridized carbons (Fsp3) is 0.923. The molecule has 1 amide bonds. The monoisotopic (exact) mass is 276 g/mol. The molecule has 0 spiro atoms. The molecule has 3 N–H and O–H groups in total. The molecule has 0 bridgehead atoms. The normalized spacial score (nSPS) is 26.7. The lowest BCUT2D eigenvalue weighted by Gasteiger charge is -2.17. The summed E-state index contributed by atoms with van der Waals surface area (Å²) in [7, 11) is 0. The Morgan fingerprint density at radius 3 is 2.72 bits per heavy atom. The number of hydrogen-bond acceptors (Lipinski definition) is 3. The lowest BCUT2D eigenvalue weighted by Crippen LogP contribution is -2.36. The maximum absolute atomic E-state index is 11.9. The highest BCUT2D eigenvalue weighted by atomic mass is 35.5. The number of ether oxygens (including phenoxy) is 1. The summed E-state index contributed by atoms with van der Waals surface area (Å²) >= 11 is 0. The van der Waals surface area contributed by atoms with Gasteiger partial charge in [0.05, 0.1) is 6.61 Å². The quantitative estimate of drug-likeness (QED) is 0.690. The number of hydrogen-bond donors (Lipinski definition) is 2. The molecule has 0 aromatic rings. The van der Waals surface area contributed by atoms with Gasteiger partial charge in [-0.1, -0.05) is 6.42 Å². The second kappa shape index (κ2) is 7.97. The van der Waals surface area contributed by atoms with E-state index in [9.17, 15) is 4.79 Å². The molecule has 2 atom stereocenters. The predicted octanol–water partition coefficient (Wildman–Crippen LogP) is 1.33. The van der Waals surface area contributed by atoms with Crippen molar-refractivity contribution in [3.8, 4) is 0 Å². The lowest BCUT2D eigenvalue weighted by atomic mass is 9.95. The summed E-state index contributed by atoms with van der Waals surface area (Å²) in [5.41, 5.74) is 5.67. The molecule has 2 saturated carbocycles. The summed E-state index contributed by atoms with van der Waals surface area (Å²) in [5, 5.41) is 2.96. The zero-order valence-corrected chi connectivity index (χ0v) is 11.7. The third-order valence-electron chi connectivity index (χ3n) is 3.89. The molecule has 0 aromatic heterocycles. The van der Waals surface area contributed by atoms with Gasteiger partial charge in [0.25, 0.3) is 0 Å². The Kier molecular flexibility index (Phi) is 6.97. The molecule has 0 saturated heterocycles. The first-order chi connectivity index (χ1) is 8.31. The van der Waals surface area contributed by atoms with E-state index >= 15 is 0 Å². The highest BCUT2D eigenvalue weighted by molar-refractivity contribution is 5.85. The van der Waals surface area contributed by atoms with Crippen molar-refractivity contribution in [2.45, 2.75) is 32.1 Å². The van der Waals surface area contributed by atoms with Crippen LogP contribution < -0.4 is 11.1 Å². The Hall–Kier alpha value is -0.320. The van der Waals surface area contributed by atoms with Crippen LogP contribution in [-0.2, 0) is 9.53 Å². The number of carbonyl (C=O) groups is 1. The fourth-order valence-corrected chi connectivity index (χ4v) is 2.58. The van der Waals surface area contributed by atoms with Gasteiger partial charge in [0.15, 0.2) is 0 Å². The van der Waals surface area contributed by atoms with Crippen molar-refractivity contribution in [1.82, 2.24) is 5.32 Å². The molecule has 5 heteroatoms. The summed E-state index contributed by atoms with van der Waals surface area (Å²) in [5.74, 6) is 1.50. The van der Waals surface area contributed by atoms with E-state index in [4.69, 9.17) is 10.5 Å². The van der Waals surface area contributed by atoms with Gasteiger partial charge >= 0.3 is 0 Å². The highest BCUT2D eigenvalue weighted by Gasteiger charge is 2.31. The molecular weight excluding hydrogens is 252 g/mol. The number of nitrogens with one attached hydrogen (secondary N) is 1. The average Bonchev–Trinajstić information content (AvgIpc) is 3.03. The van der Waals surface area contributed by atoms with Crippen molar-refractivity contribution in [3.63, 3.8) is 0 Å². The van der Waals surface area contributed by atoms with Gasteiger partial charge in [-0.2, -0.15) is 0 Å². The van der Waals surface area contributed by atoms with Crippen molar-refractivity contribution in [2.24, 2.45) is 23.5 Å². The zero-order valence-electron chi connectivity index (χ0n) is 10.9. The van der Waals surface area contributed by atoms with Crippen LogP contribution in [0.25, 0.3) is 0 Å². The molecule has 0 radical (unpaired) electrons. The number of rotatable bonds is 7. The van der Waals surface area contributed by atoms with Crippen LogP contribution in [0.3, 0.4) is 0 Å². The Labute approximate surface area is 115 Å². The van der Waals surface area contributed by atoms with Crippen LogP contribution in [0.4, 0.5) is 0 Å². The first kappa shape index (κ1) is 15.7. The van der Waals surface area contributed by atoms with Gasteiger partial charge in [0.1, 0.15) is 0 Å². The van der Waals surface area contributed by atoms with Crippen molar-refractivity contribution >= 4 is 18.3 Å². The second-order valence-corrected chi connectivity index (χ2v) is 5.34. The molecule has 2 aliphatic carbocycles. The van der Waals surface area contributed by atoms with Crippen molar-refractivity contribution < 1.29 is 9.53 Å². The van der Waals surface area contributed by atoms with E-state index in [1.807, 2.05) is 0 Å². The molecule has 4 nitrogen and oxygen atoms in total. The highest BCUT2D eigenvalue weighted by Crippen LogP contribution is 2.31. The topological polar surface area (TPSA) is 64.4 Å². The van der Waals surface area contributed by atoms with Crippen molar-refractivity contribution in [2.75, 3.05) is 26.3 Å². The molecular formula is C13H25ClN2O2. The van der Waals surface area contributed by atoms with Gasteiger partial charge in [0, 0.05) is 19.1 Å². The summed E-state index contributed by atoms with van der Waals surface area (Å²) < 4.78 is 5.48. The Balaban J connectivity index is 0.00000162. The van der Waals surface area contributed by atoms with E-state index in [0.717, 1.165) is 31.8 Å². The van der Waals surface area contributed by atoms with Gasteiger partial charge in [-0.3, -0.25) is 4.79 Å². The van der Waals surface area contributed by atoms with E-state index < -0.39 is 0 Å². The summed E-state index contributed by atoms with van der Waals surface area (Å²) in [6.07, 6.45) is 5.86. The molecule has 2 rings (SSSR count). The van der Waals surface area contributed by atoms with Gasteiger partial charge in [0.2, 0.25) is 5.91 Å². The van der Waals surface area contributed by atoms with E-state index in [1.165, 1.54) is 12.8 Å². The Morgan fingerprint density at radius 2 is 2.06 bits per heavy atom. The minimum absolute atomic E-state index is 0. The molecule has 0 unspecified atom stereocenters. The molecule has 2 fully saturated rings. The minimum atomic E-state index is 0. The number of halogens is 1.